The van der Waals surface area contributed by atoms with Gasteiger partial charge in [-0.1, -0.05) is 19.1 Å². The molecule has 1 atom stereocenters. The molecule has 2 aliphatic heterocycles. The summed E-state index contributed by atoms with van der Waals surface area (Å²) < 4.78 is 0. The number of hydrogen-bond donors (Lipinski definition) is 3. The number of phenols is 1. The third-order valence-corrected chi connectivity index (χ3v) is 7.16. The van der Waals surface area contributed by atoms with Crippen LogP contribution in [0.15, 0.2) is 12.1 Å². The van der Waals surface area contributed by atoms with E-state index in [1.807, 2.05) is 37.8 Å². The molecule has 0 saturated carbocycles. The van der Waals surface area contributed by atoms with Crippen LogP contribution in [0.5, 0.6) is 5.75 Å². The fourth-order valence-corrected chi connectivity index (χ4v) is 5.33. The normalized spacial score (nSPS) is 19.9. The van der Waals surface area contributed by atoms with Gasteiger partial charge in [0.05, 0.1) is 6.54 Å². The van der Waals surface area contributed by atoms with E-state index >= 15 is 0 Å². The average Bonchev–Trinajstić information content (AvgIpc) is 2.77. The summed E-state index contributed by atoms with van der Waals surface area (Å²) in [5.74, 6) is 1.46. The van der Waals surface area contributed by atoms with Crippen LogP contribution < -0.4 is 5.48 Å². The van der Waals surface area contributed by atoms with E-state index in [-0.39, 0.29) is 24.3 Å². The summed E-state index contributed by atoms with van der Waals surface area (Å²) in [6.45, 7) is 9.49. The third kappa shape index (κ3) is 5.98. The SMILES string of the molecule is Cc1cc(C[C@@H](C)C(=O)N2CCC(C3CCN(CC(=O)NO)CC3)CC2)cc(C)c1O. The number of likely N-dealkylation sites (tertiary alicyclic amines) is 2. The molecule has 7 nitrogen and oxygen atoms in total. The Bertz CT molecular complexity index is 758. The van der Waals surface area contributed by atoms with Crippen molar-refractivity contribution >= 4 is 11.8 Å². The molecule has 1 aromatic rings. The van der Waals surface area contributed by atoms with E-state index in [1.165, 1.54) is 0 Å². The predicted octanol–water partition coefficient (Wildman–Crippen LogP) is 2.64. The number of hydroxylamine groups is 1. The molecule has 1 aromatic carbocycles. The van der Waals surface area contributed by atoms with Gasteiger partial charge in [0.15, 0.2) is 0 Å². The number of benzene rings is 1. The number of hydrogen-bond acceptors (Lipinski definition) is 5. The van der Waals surface area contributed by atoms with Crippen molar-refractivity contribution in [2.75, 3.05) is 32.7 Å². The topological polar surface area (TPSA) is 93.1 Å². The van der Waals surface area contributed by atoms with Crippen LogP contribution in [0.1, 0.15) is 49.3 Å². The maximum absolute atomic E-state index is 13.0. The van der Waals surface area contributed by atoms with E-state index in [4.69, 9.17) is 5.21 Å². The zero-order valence-corrected chi connectivity index (χ0v) is 19.1. The molecular formula is C24H37N3O4. The van der Waals surface area contributed by atoms with Crippen molar-refractivity contribution in [3.63, 3.8) is 0 Å². The van der Waals surface area contributed by atoms with Crippen LogP contribution in [0.4, 0.5) is 0 Å². The van der Waals surface area contributed by atoms with E-state index in [2.05, 4.69) is 4.90 Å². The summed E-state index contributed by atoms with van der Waals surface area (Å²) >= 11 is 0. The van der Waals surface area contributed by atoms with Gasteiger partial charge in [0.25, 0.3) is 5.91 Å². The molecule has 2 fully saturated rings. The number of nitrogens with one attached hydrogen (secondary N) is 1. The maximum Gasteiger partial charge on any atom is 0.257 e. The summed E-state index contributed by atoms with van der Waals surface area (Å²) in [6.07, 6.45) is 4.95. The first-order valence-corrected chi connectivity index (χ1v) is 11.5. The number of amides is 2. The van der Waals surface area contributed by atoms with Crippen LogP contribution >= 0.6 is 0 Å². The van der Waals surface area contributed by atoms with Gasteiger partial charge in [0, 0.05) is 19.0 Å². The molecule has 0 radical (unpaired) electrons. The standard InChI is InChI=1S/C24H37N3O4/c1-16-12-19(13-17(2)23(16)29)14-18(3)24(30)27-10-6-21(7-11-27)20-4-8-26(9-5-20)15-22(28)25-31/h12-13,18,20-21,29,31H,4-11,14-15H2,1-3H3,(H,25,28)/t18-/m1/s1. The van der Waals surface area contributed by atoms with Crippen LogP contribution in [-0.2, 0) is 16.0 Å². The Morgan fingerprint density at radius 2 is 1.55 bits per heavy atom. The molecule has 7 heteroatoms. The quantitative estimate of drug-likeness (QED) is 0.476. The number of aryl methyl sites for hydroxylation is 2. The van der Waals surface area contributed by atoms with Crippen LogP contribution in [0.25, 0.3) is 0 Å². The molecule has 2 aliphatic rings. The summed E-state index contributed by atoms with van der Waals surface area (Å²) in [7, 11) is 0. The fraction of sp³-hybridized carbons (Fsp3) is 0.667. The predicted molar refractivity (Wildman–Crippen MR) is 119 cm³/mol. The van der Waals surface area contributed by atoms with Crippen molar-refractivity contribution in [2.45, 2.75) is 52.9 Å². The van der Waals surface area contributed by atoms with E-state index in [9.17, 15) is 14.7 Å². The maximum atomic E-state index is 13.0. The average molecular weight is 432 g/mol. The van der Waals surface area contributed by atoms with Gasteiger partial charge in [-0.15, -0.1) is 0 Å². The number of carbonyl (C=O) groups excluding carboxylic acids is 2. The number of nitrogens with zero attached hydrogens (tertiary/aromatic N) is 2. The van der Waals surface area contributed by atoms with Gasteiger partial charge in [0.2, 0.25) is 5.91 Å². The lowest BCUT2D eigenvalue weighted by Crippen LogP contribution is -2.45. The van der Waals surface area contributed by atoms with Gasteiger partial charge in [-0.3, -0.25) is 19.7 Å². The van der Waals surface area contributed by atoms with Crippen LogP contribution in [0.2, 0.25) is 0 Å². The first-order chi connectivity index (χ1) is 14.8. The van der Waals surface area contributed by atoms with E-state index in [1.54, 1.807) is 5.48 Å². The number of aromatic hydroxyl groups is 1. The Morgan fingerprint density at radius 1 is 1.03 bits per heavy atom. The summed E-state index contributed by atoms with van der Waals surface area (Å²) in [4.78, 5) is 28.5. The second kappa shape index (κ2) is 10.5. The zero-order chi connectivity index (χ0) is 22.5. The zero-order valence-electron chi connectivity index (χ0n) is 19.1. The molecule has 0 bridgehead atoms. The van der Waals surface area contributed by atoms with Gasteiger partial charge < -0.3 is 10.0 Å². The highest BCUT2D eigenvalue weighted by atomic mass is 16.5. The fourth-order valence-electron chi connectivity index (χ4n) is 5.33. The summed E-state index contributed by atoms with van der Waals surface area (Å²) in [6, 6.07) is 3.96. The van der Waals surface area contributed by atoms with Crippen molar-refractivity contribution in [1.82, 2.24) is 15.3 Å². The van der Waals surface area contributed by atoms with Crippen molar-refractivity contribution in [3.05, 3.63) is 28.8 Å². The second-order valence-electron chi connectivity index (χ2n) is 9.49. The molecule has 3 rings (SSSR count). The molecule has 172 valence electrons. The smallest absolute Gasteiger partial charge is 0.257 e. The first kappa shape index (κ1) is 23.5. The molecule has 2 amide bonds. The van der Waals surface area contributed by atoms with Gasteiger partial charge >= 0.3 is 0 Å². The molecular weight excluding hydrogens is 394 g/mol. The van der Waals surface area contributed by atoms with Gasteiger partial charge in [-0.25, -0.2) is 5.48 Å². The van der Waals surface area contributed by atoms with E-state index < -0.39 is 0 Å². The summed E-state index contributed by atoms with van der Waals surface area (Å²) in [5, 5.41) is 18.6. The highest BCUT2D eigenvalue weighted by Gasteiger charge is 2.32. The minimum atomic E-state index is -0.350. The minimum Gasteiger partial charge on any atom is -0.507 e. The molecule has 0 aromatic heterocycles. The van der Waals surface area contributed by atoms with Crippen molar-refractivity contribution in [1.29, 1.82) is 0 Å². The van der Waals surface area contributed by atoms with Gasteiger partial charge in [-0.2, -0.15) is 0 Å². The number of carbonyl (C=O) groups is 2. The second-order valence-corrected chi connectivity index (χ2v) is 9.49. The number of piperidine rings is 2. The monoisotopic (exact) mass is 431 g/mol. The van der Waals surface area contributed by atoms with Crippen LogP contribution in [0, 0.1) is 31.6 Å². The van der Waals surface area contributed by atoms with Crippen molar-refractivity contribution in [3.8, 4) is 5.75 Å². The van der Waals surface area contributed by atoms with Crippen LogP contribution in [0.3, 0.4) is 0 Å². The first-order valence-electron chi connectivity index (χ1n) is 11.5. The Kier molecular flexibility index (Phi) is 7.94. The van der Waals surface area contributed by atoms with Gasteiger partial charge in [0.1, 0.15) is 5.75 Å². The van der Waals surface area contributed by atoms with E-state index in [0.717, 1.165) is 68.6 Å². The van der Waals surface area contributed by atoms with Gasteiger partial charge in [-0.05, 0) is 87.6 Å². The van der Waals surface area contributed by atoms with Crippen LogP contribution in [-0.4, -0.2) is 64.7 Å². The largest absolute Gasteiger partial charge is 0.507 e. The Balaban J connectivity index is 1.45. The number of rotatable bonds is 6. The molecule has 2 saturated heterocycles. The Hall–Kier alpha value is -2.12. The van der Waals surface area contributed by atoms with E-state index in [0.29, 0.717) is 24.0 Å². The minimum absolute atomic E-state index is 0.0687. The molecule has 3 N–H and O–H groups in total. The number of phenolic OH excluding ortho intramolecular Hbond substituents is 1. The molecule has 0 unspecified atom stereocenters. The lowest BCUT2D eigenvalue weighted by Gasteiger charge is -2.40. The highest BCUT2D eigenvalue weighted by molar-refractivity contribution is 5.79. The Labute approximate surface area is 185 Å². The molecule has 2 heterocycles. The highest BCUT2D eigenvalue weighted by Crippen LogP contribution is 2.33. The lowest BCUT2D eigenvalue weighted by atomic mass is 9.78. The lowest BCUT2D eigenvalue weighted by molar-refractivity contribution is -0.136. The van der Waals surface area contributed by atoms with Crippen molar-refractivity contribution < 1.29 is 19.9 Å². The molecule has 0 spiro atoms. The molecule has 0 aliphatic carbocycles. The van der Waals surface area contributed by atoms with Crippen molar-refractivity contribution in [2.24, 2.45) is 17.8 Å². The molecule has 31 heavy (non-hydrogen) atoms. The third-order valence-electron chi connectivity index (χ3n) is 7.16. The Morgan fingerprint density at radius 3 is 2.06 bits per heavy atom. The summed E-state index contributed by atoms with van der Waals surface area (Å²) in [5.41, 5.74) is 4.53.